The summed E-state index contributed by atoms with van der Waals surface area (Å²) < 4.78 is 21.4. The van der Waals surface area contributed by atoms with E-state index in [0.717, 1.165) is 24.8 Å². The Morgan fingerprint density at radius 2 is 2.12 bits per heavy atom. The maximum atomic E-state index is 14.0. The van der Waals surface area contributed by atoms with E-state index in [9.17, 15) is 4.39 Å². The van der Waals surface area contributed by atoms with Crippen LogP contribution in [0.1, 0.15) is 19.3 Å². The predicted molar refractivity (Wildman–Crippen MR) is 95.4 cm³/mol. The van der Waals surface area contributed by atoms with Crippen molar-refractivity contribution in [3.05, 3.63) is 55.0 Å². The van der Waals surface area contributed by atoms with Gasteiger partial charge in [0.2, 0.25) is 0 Å². The molecule has 26 heavy (non-hydrogen) atoms. The van der Waals surface area contributed by atoms with Gasteiger partial charge in [-0.1, -0.05) is 12.1 Å². The molecule has 1 aromatic carbocycles. The van der Waals surface area contributed by atoms with E-state index in [1.54, 1.807) is 36.8 Å². The van der Waals surface area contributed by atoms with Gasteiger partial charge in [-0.2, -0.15) is 5.10 Å². The van der Waals surface area contributed by atoms with E-state index >= 15 is 0 Å². The molecule has 1 fully saturated rings. The largest absolute Gasteiger partial charge is 0.489 e. The quantitative estimate of drug-likeness (QED) is 0.763. The van der Waals surface area contributed by atoms with Crippen molar-refractivity contribution in [2.45, 2.75) is 25.3 Å². The van der Waals surface area contributed by atoms with Crippen LogP contribution in [-0.2, 0) is 0 Å². The van der Waals surface area contributed by atoms with Crippen LogP contribution in [0.2, 0.25) is 0 Å². The average Bonchev–Trinajstić information content (AvgIpc) is 3.30. The minimum atomic E-state index is -0.334. The molecule has 1 saturated carbocycles. The number of para-hydroxylation sites is 1. The lowest BCUT2D eigenvalue weighted by Gasteiger charge is -2.13. The highest BCUT2D eigenvalue weighted by Crippen LogP contribution is 2.30. The number of nitrogens with two attached hydrogens (primary N) is 1. The van der Waals surface area contributed by atoms with E-state index < -0.39 is 0 Å². The van der Waals surface area contributed by atoms with E-state index in [1.165, 1.54) is 17.1 Å². The van der Waals surface area contributed by atoms with Gasteiger partial charge in [0.25, 0.3) is 0 Å². The first-order valence-corrected chi connectivity index (χ1v) is 8.69. The fourth-order valence-electron chi connectivity index (χ4n) is 3.33. The van der Waals surface area contributed by atoms with Gasteiger partial charge < -0.3 is 10.5 Å². The van der Waals surface area contributed by atoms with Crippen molar-refractivity contribution in [2.75, 3.05) is 6.61 Å². The Balaban J connectivity index is 1.56. The van der Waals surface area contributed by atoms with Crippen molar-refractivity contribution in [2.24, 2.45) is 11.7 Å². The molecule has 2 aromatic heterocycles. The second-order valence-electron chi connectivity index (χ2n) is 6.61. The number of nitrogens with zero attached hydrogens (tertiary/aromatic N) is 4. The molecule has 1 aliphatic rings. The summed E-state index contributed by atoms with van der Waals surface area (Å²) in [7, 11) is 0. The molecular formula is C19H20FN5O. The normalized spacial score (nSPS) is 19.6. The summed E-state index contributed by atoms with van der Waals surface area (Å²) in [6, 6.07) is 6.77. The molecule has 0 bridgehead atoms. The zero-order valence-corrected chi connectivity index (χ0v) is 14.3. The first-order chi connectivity index (χ1) is 12.7. The highest BCUT2D eigenvalue weighted by molar-refractivity contribution is 5.64. The van der Waals surface area contributed by atoms with Crippen LogP contribution in [0.3, 0.4) is 0 Å². The molecule has 0 spiro atoms. The van der Waals surface area contributed by atoms with Crippen LogP contribution in [0, 0.1) is 11.7 Å². The highest BCUT2D eigenvalue weighted by Gasteiger charge is 2.23. The fourth-order valence-corrected chi connectivity index (χ4v) is 3.33. The second-order valence-corrected chi connectivity index (χ2v) is 6.61. The van der Waals surface area contributed by atoms with Crippen molar-refractivity contribution in [1.29, 1.82) is 0 Å². The zero-order valence-electron chi connectivity index (χ0n) is 14.3. The Morgan fingerprint density at radius 1 is 1.23 bits per heavy atom. The maximum Gasteiger partial charge on any atom is 0.163 e. The maximum absolute atomic E-state index is 14.0. The molecule has 0 aliphatic heterocycles. The van der Waals surface area contributed by atoms with Crippen molar-refractivity contribution in [1.82, 2.24) is 19.7 Å². The van der Waals surface area contributed by atoms with E-state index in [0.29, 0.717) is 29.7 Å². The Bertz CT molecular complexity index is 897. The Hall–Kier alpha value is -2.80. The summed E-state index contributed by atoms with van der Waals surface area (Å²) in [5, 5.41) is 4.26. The molecule has 0 amide bonds. The third-order valence-electron chi connectivity index (χ3n) is 4.69. The van der Waals surface area contributed by atoms with E-state index in [1.807, 2.05) is 0 Å². The van der Waals surface area contributed by atoms with Crippen LogP contribution in [0.5, 0.6) is 5.75 Å². The third-order valence-corrected chi connectivity index (χ3v) is 4.69. The lowest BCUT2D eigenvalue weighted by atomic mass is 10.1. The molecule has 1 unspecified atom stereocenters. The van der Waals surface area contributed by atoms with Crippen LogP contribution >= 0.6 is 0 Å². The topological polar surface area (TPSA) is 78.8 Å². The van der Waals surface area contributed by atoms with Gasteiger partial charge in [0.15, 0.2) is 5.75 Å². The van der Waals surface area contributed by atoms with Crippen molar-refractivity contribution in [3.8, 4) is 22.7 Å². The first-order valence-electron chi connectivity index (χ1n) is 8.69. The number of hydrogen-bond donors (Lipinski definition) is 1. The molecule has 0 radical (unpaired) electrons. The molecule has 6 nitrogen and oxygen atoms in total. The lowest BCUT2D eigenvalue weighted by molar-refractivity contribution is 0.250. The molecule has 1 aliphatic carbocycles. The van der Waals surface area contributed by atoms with Gasteiger partial charge >= 0.3 is 0 Å². The molecule has 2 heterocycles. The minimum Gasteiger partial charge on any atom is -0.489 e. The van der Waals surface area contributed by atoms with Gasteiger partial charge in [0, 0.05) is 17.8 Å². The molecule has 0 saturated heterocycles. The first kappa shape index (κ1) is 16.7. The fraction of sp³-hybridized carbons (Fsp3) is 0.316. The number of rotatable bonds is 5. The molecule has 4 rings (SSSR count). The van der Waals surface area contributed by atoms with E-state index in [2.05, 4.69) is 15.1 Å². The lowest BCUT2D eigenvalue weighted by Crippen LogP contribution is -2.17. The number of benzene rings is 1. The molecule has 7 heteroatoms. The van der Waals surface area contributed by atoms with Gasteiger partial charge in [-0.05, 0) is 37.3 Å². The number of hydrogen-bond acceptors (Lipinski definition) is 5. The van der Waals surface area contributed by atoms with Gasteiger partial charge in [-0.25, -0.2) is 19.0 Å². The van der Waals surface area contributed by atoms with Gasteiger partial charge in [-0.3, -0.25) is 0 Å². The summed E-state index contributed by atoms with van der Waals surface area (Å²) in [4.78, 5) is 8.39. The Kier molecular flexibility index (Phi) is 4.62. The third kappa shape index (κ3) is 3.43. The number of ether oxygens (including phenoxy) is 1. The van der Waals surface area contributed by atoms with Gasteiger partial charge in [0.1, 0.15) is 23.5 Å². The summed E-state index contributed by atoms with van der Waals surface area (Å²) in [5.41, 5.74) is 7.74. The SMILES string of the molecule is N[C@@H]1CCC(COc2cncnc2-c2cnn(-c3ccccc3F)c2)C1. The van der Waals surface area contributed by atoms with Crippen LogP contribution in [-0.4, -0.2) is 32.4 Å². The Morgan fingerprint density at radius 3 is 2.92 bits per heavy atom. The summed E-state index contributed by atoms with van der Waals surface area (Å²) in [5.74, 6) is 0.721. The number of halogens is 1. The van der Waals surface area contributed by atoms with Crippen LogP contribution in [0.25, 0.3) is 16.9 Å². The minimum absolute atomic E-state index is 0.272. The highest BCUT2D eigenvalue weighted by atomic mass is 19.1. The standard InChI is InChI=1S/C19H20FN5O/c20-16-3-1-2-4-17(16)25-10-14(8-24-25)19-18(9-22-12-23-19)26-11-13-5-6-15(21)7-13/h1-4,8-10,12-13,15H,5-7,11,21H2/t13?,15-/m1/s1. The van der Waals surface area contributed by atoms with Crippen LogP contribution in [0.15, 0.2) is 49.2 Å². The Labute approximate surface area is 150 Å². The monoisotopic (exact) mass is 353 g/mol. The molecule has 2 atom stereocenters. The van der Waals surface area contributed by atoms with Crippen molar-refractivity contribution in [3.63, 3.8) is 0 Å². The van der Waals surface area contributed by atoms with Gasteiger partial charge in [-0.15, -0.1) is 0 Å². The van der Waals surface area contributed by atoms with Crippen molar-refractivity contribution >= 4 is 0 Å². The zero-order chi connectivity index (χ0) is 17.9. The number of aromatic nitrogens is 4. The van der Waals surface area contributed by atoms with E-state index in [-0.39, 0.29) is 11.9 Å². The summed E-state index contributed by atoms with van der Waals surface area (Å²) in [6.07, 6.45) is 9.60. The molecular weight excluding hydrogens is 333 g/mol. The smallest absolute Gasteiger partial charge is 0.163 e. The molecule has 2 N–H and O–H groups in total. The van der Waals surface area contributed by atoms with E-state index in [4.69, 9.17) is 10.5 Å². The summed E-state index contributed by atoms with van der Waals surface area (Å²) >= 11 is 0. The van der Waals surface area contributed by atoms with Gasteiger partial charge in [0.05, 0.1) is 19.0 Å². The molecule has 134 valence electrons. The predicted octanol–water partition coefficient (Wildman–Crippen LogP) is 2.97. The average molecular weight is 353 g/mol. The van der Waals surface area contributed by atoms with Crippen molar-refractivity contribution < 1.29 is 9.13 Å². The molecule has 3 aromatic rings. The van der Waals surface area contributed by atoms with Crippen LogP contribution < -0.4 is 10.5 Å². The van der Waals surface area contributed by atoms with Crippen LogP contribution in [0.4, 0.5) is 4.39 Å². The second kappa shape index (κ2) is 7.21. The summed E-state index contributed by atoms with van der Waals surface area (Å²) in [6.45, 7) is 0.593.